The Labute approximate surface area is 334 Å². The monoisotopic (exact) mass is 844 g/mol. The molecule has 0 amide bonds. The van der Waals surface area contributed by atoms with Crippen LogP contribution in [0, 0.1) is 10.8 Å². The predicted octanol–water partition coefficient (Wildman–Crippen LogP) is 12.6. The molecule has 0 atom stereocenters. The normalized spacial score (nSPS) is 15.4. The van der Waals surface area contributed by atoms with E-state index in [0.717, 1.165) is 92.1 Å². The number of benzene rings is 6. The Hall–Kier alpha value is -4.60. The molecule has 0 unspecified atom stereocenters. The van der Waals surface area contributed by atoms with Crippen LogP contribution in [0.3, 0.4) is 0 Å². The number of rotatable bonds is 13. The zero-order valence-corrected chi connectivity index (χ0v) is 33.6. The largest absolute Gasteiger partial charge is 0.493 e. The number of hydrogen-bond donors (Lipinski definition) is 0. The van der Waals surface area contributed by atoms with Gasteiger partial charge in [-0.2, -0.15) is 0 Å². The van der Waals surface area contributed by atoms with E-state index in [9.17, 15) is 0 Å². The zero-order valence-electron chi connectivity index (χ0n) is 30.4. The van der Waals surface area contributed by atoms with E-state index in [4.69, 9.17) is 18.9 Å². The van der Waals surface area contributed by atoms with E-state index in [2.05, 4.69) is 177 Å². The molecule has 8 rings (SSSR count). The van der Waals surface area contributed by atoms with Crippen molar-refractivity contribution in [3.63, 3.8) is 0 Å². The number of halogens is 2. The van der Waals surface area contributed by atoms with Gasteiger partial charge in [-0.05, 0) is 132 Å². The second kappa shape index (κ2) is 15.6. The van der Waals surface area contributed by atoms with Crippen molar-refractivity contribution in [2.24, 2.45) is 10.8 Å². The van der Waals surface area contributed by atoms with Crippen LogP contribution in [0.25, 0.3) is 11.1 Å². The summed E-state index contributed by atoms with van der Waals surface area (Å²) in [5.74, 6) is 1.71. The predicted molar refractivity (Wildman–Crippen MR) is 225 cm³/mol. The zero-order chi connectivity index (χ0) is 37.1. The molecular formula is C46H42Br2N2O4. The number of anilines is 6. The molecule has 0 N–H and O–H groups in total. The highest BCUT2D eigenvalue weighted by atomic mass is 79.9. The Kier molecular flexibility index (Phi) is 10.5. The SMILES string of the molecule is CC1(COc2ccc(N(c3ccc(Br)cc3)c3ccc(-c4ccc(N(c5ccc(Br)cc5)c5ccc(OCC6(C)COC6)cc5)cc4)cc3)cc2)COC1. The van der Waals surface area contributed by atoms with Crippen molar-refractivity contribution < 1.29 is 18.9 Å². The minimum atomic E-state index is 0.0925. The van der Waals surface area contributed by atoms with Crippen molar-refractivity contribution in [3.05, 3.63) is 155 Å². The van der Waals surface area contributed by atoms with Crippen molar-refractivity contribution in [3.8, 4) is 22.6 Å². The van der Waals surface area contributed by atoms with Crippen molar-refractivity contribution in [2.45, 2.75) is 13.8 Å². The van der Waals surface area contributed by atoms with Gasteiger partial charge in [-0.25, -0.2) is 0 Å². The smallest absolute Gasteiger partial charge is 0.119 e. The summed E-state index contributed by atoms with van der Waals surface area (Å²) in [5.41, 5.74) is 8.83. The van der Waals surface area contributed by atoms with Crippen LogP contribution >= 0.6 is 31.9 Å². The molecule has 0 radical (unpaired) electrons. The molecule has 54 heavy (non-hydrogen) atoms. The molecule has 2 aliphatic heterocycles. The summed E-state index contributed by atoms with van der Waals surface area (Å²) in [4.78, 5) is 4.53. The lowest BCUT2D eigenvalue weighted by Crippen LogP contribution is -2.44. The number of nitrogens with zero attached hydrogens (tertiary/aromatic N) is 2. The van der Waals surface area contributed by atoms with Gasteiger partial charge in [-0.3, -0.25) is 0 Å². The van der Waals surface area contributed by atoms with Gasteiger partial charge in [0, 0.05) is 53.9 Å². The van der Waals surface area contributed by atoms with Crippen LogP contribution in [0.4, 0.5) is 34.1 Å². The van der Waals surface area contributed by atoms with E-state index in [1.165, 1.54) is 0 Å². The summed E-state index contributed by atoms with van der Waals surface area (Å²) in [5, 5.41) is 0. The minimum absolute atomic E-state index is 0.0925. The molecule has 0 saturated carbocycles. The summed E-state index contributed by atoms with van der Waals surface area (Å²) in [7, 11) is 0. The van der Waals surface area contributed by atoms with Gasteiger partial charge in [0.25, 0.3) is 0 Å². The summed E-state index contributed by atoms with van der Waals surface area (Å²) in [6.45, 7) is 8.66. The van der Waals surface area contributed by atoms with E-state index in [1.54, 1.807) is 0 Å². The maximum absolute atomic E-state index is 6.13. The lowest BCUT2D eigenvalue weighted by atomic mass is 9.90. The van der Waals surface area contributed by atoms with Crippen LogP contribution in [-0.4, -0.2) is 39.6 Å². The number of hydrogen-bond acceptors (Lipinski definition) is 6. The number of ether oxygens (including phenoxy) is 4. The molecule has 2 fully saturated rings. The molecule has 2 saturated heterocycles. The van der Waals surface area contributed by atoms with Gasteiger partial charge in [-0.15, -0.1) is 0 Å². The van der Waals surface area contributed by atoms with Gasteiger partial charge in [-0.1, -0.05) is 70.0 Å². The summed E-state index contributed by atoms with van der Waals surface area (Å²) in [6.07, 6.45) is 0. The molecule has 6 nitrogen and oxygen atoms in total. The average molecular weight is 847 g/mol. The topological polar surface area (TPSA) is 43.4 Å². The maximum atomic E-state index is 6.13. The summed E-state index contributed by atoms with van der Waals surface area (Å²) in [6, 6.07) is 51.0. The van der Waals surface area contributed by atoms with Gasteiger partial charge in [0.1, 0.15) is 11.5 Å². The van der Waals surface area contributed by atoms with Gasteiger partial charge in [0.15, 0.2) is 0 Å². The maximum Gasteiger partial charge on any atom is 0.119 e. The van der Waals surface area contributed by atoms with Crippen LogP contribution in [0.15, 0.2) is 155 Å². The standard InChI is InChI=1S/C46H42Br2N2O4/c1-45(27-51-28-45)31-53-43-23-19-41(20-24-43)49(39-15-7-35(47)8-16-39)37-11-3-33(4-12-37)34-5-13-38(14-6-34)50(40-17-9-36(48)10-18-40)42-21-25-44(26-22-42)54-32-46(2)29-52-30-46/h3-26H,27-32H2,1-2H3. The molecule has 8 heteroatoms. The first-order valence-electron chi connectivity index (χ1n) is 18.2. The van der Waals surface area contributed by atoms with Crippen LogP contribution in [0.5, 0.6) is 11.5 Å². The summed E-state index contributed by atoms with van der Waals surface area (Å²) >= 11 is 7.20. The van der Waals surface area contributed by atoms with Crippen molar-refractivity contribution in [1.29, 1.82) is 0 Å². The molecule has 6 aromatic rings. The highest BCUT2D eigenvalue weighted by Crippen LogP contribution is 2.40. The third-order valence-corrected chi connectivity index (χ3v) is 11.0. The van der Waals surface area contributed by atoms with Crippen LogP contribution < -0.4 is 19.3 Å². The molecule has 6 aromatic carbocycles. The molecule has 2 heterocycles. The Morgan fingerprint density at radius 3 is 0.944 bits per heavy atom. The lowest BCUT2D eigenvalue weighted by molar-refractivity contribution is -0.120. The fraction of sp³-hybridized carbons (Fsp3) is 0.217. The fourth-order valence-electron chi connectivity index (χ4n) is 6.65. The molecule has 2 aliphatic rings. The summed E-state index contributed by atoms with van der Waals surface area (Å²) < 4.78 is 25.1. The second-order valence-corrected chi connectivity index (χ2v) is 16.7. The van der Waals surface area contributed by atoms with Crippen molar-refractivity contribution in [1.82, 2.24) is 0 Å². The van der Waals surface area contributed by atoms with Crippen LogP contribution in [-0.2, 0) is 9.47 Å². The molecule has 0 bridgehead atoms. The second-order valence-electron chi connectivity index (χ2n) is 14.9. The Morgan fingerprint density at radius 1 is 0.426 bits per heavy atom. The third-order valence-electron chi connectivity index (χ3n) is 9.92. The molecule has 274 valence electrons. The van der Waals surface area contributed by atoms with E-state index in [1.807, 2.05) is 24.3 Å². The van der Waals surface area contributed by atoms with Gasteiger partial charge < -0.3 is 28.7 Å². The Bertz CT molecular complexity index is 1990. The van der Waals surface area contributed by atoms with E-state index in [-0.39, 0.29) is 10.8 Å². The van der Waals surface area contributed by atoms with Gasteiger partial charge >= 0.3 is 0 Å². The fourth-order valence-corrected chi connectivity index (χ4v) is 7.18. The van der Waals surface area contributed by atoms with Crippen LogP contribution in [0.2, 0.25) is 0 Å². The van der Waals surface area contributed by atoms with E-state index < -0.39 is 0 Å². The average Bonchev–Trinajstić information content (AvgIpc) is 3.18. The van der Waals surface area contributed by atoms with E-state index in [0.29, 0.717) is 13.2 Å². The lowest BCUT2D eigenvalue weighted by Gasteiger charge is -2.37. The quantitative estimate of drug-likeness (QED) is 0.115. The van der Waals surface area contributed by atoms with Crippen molar-refractivity contribution in [2.75, 3.05) is 49.4 Å². The first-order chi connectivity index (χ1) is 26.2. The van der Waals surface area contributed by atoms with E-state index >= 15 is 0 Å². The highest BCUT2D eigenvalue weighted by molar-refractivity contribution is 9.10. The Balaban J connectivity index is 1.02. The molecular weight excluding hydrogens is 804 g/mol. The Morgan fingerprint density at radius 2 is 0.685 bits per heavy atom. The third kappa shape index (κ3) is 8.22. The van der Waals surface area contributed by atoms with Crippen molar-refractivity contribution >= 4 is 66.0 Å². The molecule has 0 aromatic heterocycles. The first-order valence-corrected chi connectivity index (χ1v) is 19.7. The minimum Gasteiger partial charge on any atom is -0.493 e. The molecule has 0 aliphatic carbocycles. The van der Waals surface area contributed by atoms with Gasteiger partial charge in [0.05, 0.1) is 39.6 Å². The highest BCUT2D eigenvalue weighted by Gasteiger charge is 2.35. The molecule has 0 spiro atoms. The van der Waals surface area contributed by atoms with Gasteiger partial charge in [0.2, 0.25) is 0 Å². The first kappa shape index (κ1) is 36.4. The van der Waals surface area contributed by atoms with Crippen LogP contribution in [0.1, 0.15) is 13.8 Å².